The van der Waals surface area contributed by atoms with Gasteiger partial charge in [-0.25, -0.2) is 13.1 Å². The first-order valence-corrected chi connectivity index (χ1v) is 8.04. The highest BCUT2D eigenvalue weighted by Gasteiger charge is 2.26. The molecule has 0 bridgehead atoms. The standard InChI is InChI=1S/C14H24N2O2S/c1-5-8-14(3,4)16-19(17,18)13-9-12(10-15)7-6-11(13)2/h6-7,9,16H,5,8,10,15H2,1-4H3. The van der Waals surface area contributed by atoms with Crippen LogP contribution in [0.5, 0.6) is 0 Å². The maximum atomic E-state index is 12.5. The summed E-state index contributed by atoms with van der Waals surface area (Å²) in [5.41, 5.74) is 6.68. The van der Waals surface area contributed by atoms with E-state index in [2.05, 4.69) is 4.72 Å². The molecular weight excluding hydrogens is 260 g/mol. The zero-order valence-electron chi connectivity index (χ0n) is 12.2. The second-order valence-corrected chi connectivity index (χ2v) is 7.19. The summed E-state index contributed by atoms with van der Waals surface area (Å²) in [7, 11) is -3.51. The third-order valence-corrected chi connectivity index (χ3v) is 4.90. The molecule has 19 heavy (non-hydrogen) atoms. The van der Waals surface area contributed by atoms with Crippen LogP contribution in [-0.4, -0.2) is 14.0 Å². The molecule has 0 aliphatic rings. The smallest absolute Gasteiger partial charge is 0.241 e. The van der Waals surface area contributed by atoms with Gasteiger partial charge in [0, 0.05) is 12.1 Å². The maximum Gasteiger partial charge on any atom is 0.241 e. The molecule has 0 unspecified atom stereocenters. The molecular formula is C14H24N2O2S. The Morgan fingerprint density at radius 3 is 2.47 bits per heavy atom. The van der Waals surface area contributed by atoms with Crippen molar-refractivity contribution in [3.05, 3.63) is 29.3 Å². The van der Waals surface area contributed by atoms with Crippen LogP contribution < -0.4 is 10.5 Å². The fourth-order valence-corrected chi connectivity index (χ4v) is 3.89. The van der Waals surface area contributed by atoms with Crippen molar-refractivity contribution < 1.29 is 8.42 Å². The van der Waals surface area contributed by atoms with Crippen molar-refractivity contribution in [1.29, 1.82) is 0 Å². The van der Waals surface area contributed by atoms with Gasteiger partial charge in [-0.3, -0.25) is 0 Å². The average Bonchev–Trinajstić information content (AvgIpc) is 2.27. The summed E-state index contributed by atoms with van der Waals surface area (Å²) in [5, 5.41) is 0. The highest BCUT2D eigenvalue weighted by atomic mass is 32.2. The van der Waals surface area contributed by atoms with E-state index < -0.39 is 15.6 Å². The van der Waals surface area contributed by atoms with Crippen molar-refractivity contribution in [3.63, 3.8) is 0 Å². The van der Waals surface area contributed by atoms with E-state index in [9.17, 15) is 8.42 Å². The molecule has 0 saturated carbocycles. The minimum atomic E-state index is -3.51. The van der Waals surface area contributed by atoms with Crippen molar-refractivity contribution in [2.24, 2.45) is 5.73 Å². The average molecular weight is 284 g/mol. The van der Waals surface area contributed by atoms with Crippen molar-refractivity contribution >= 4 is 10.0 Å². The van der Waals surface area contributed by atoms with E-state index in [0.717, 1.165) is 24.0 Å². The molecule has 108 valence electrons. The molecule has 0 fully saturated rings. The zero-order valence-corrected chi connectivity index (χ0v) is 13.0. The SMILES string of the molecule is CCCC(C)(C)NS(=O)(=O)c1cc(CN)ccc1C. The van der Waals surface area contributed by atoms with Gasteiger partial charge in [-0.2, -0.15) is 0 Å². The van der Waals surface area contributed by atoms with Crippen LogP contribution >= 0.6 is 0 Å². The van der Waals surface area contributed by atoms with Gasteiger partial charge in [-0.1, -0.05) is 25.5 Å². The van der Waals surface area contributed by atoms with Gasteiger partial charge in [-0.05, 0) is 44.4 Å². The molecule has 3 N–H and O–H groups in total. The summed E-state index contributed by atoms with van der Waals surface area (Å²) in [6.07, 6.45) is 1.72. The molecule has 1 aromatic carbocycles. The van der Waals surface area contributed by atoms with E-state index in [1.807, 2.05) is 26.8 Å². The monoisotopic (exact) mass is 284 g/mol. The molecule has 4 nitrogen and oxygen atoms in total. The van der Waals surface area contributed by atoms with Crippen LogP contribution in [0.15, 0.2) is 23.1 Å². The third kappa shape index (κ3) is 4.30. The summed E-state index contributed by atoms with van der Waals surface area (Å²) in [5.74, 6) is 0. The summed E-state index contributed by atoms with van der Waals surface area (Å²) in [6.45, 7) is 7.96. The van der Waals surface area contributed by atoms with Gasteiger partial charge in [-0.15, -0.1) is 0 Å². The number of hydrogen-bond acceptors (Lipinski definition) is 3. The van der Waals surface area contributed by atoms with Crippen LogP contribution in [0.1, 0.15) is 44.7 Å². The van der Waals surface area contributed by atoms with Gasteiger partial charge in [0.2, 0.25) is 10.0 Å². The van der Waals surface area contributed by atoms with E-state index in [1.54, 1.807) is 19.1 Å². The number of sulfonamides is 1. The predicted octanol–water partition coefficient (Wildman–Crippen LogP) is 2.31. The Hall–Kier alpha value is -0.910. The van der Waals surface area contributed by atoms with E-state index in [1.165, 1.54) is 0 Å². The van der Waals surface area contributed by atoms with Crippen LogP contribution in [0.2, 0.25) is 0 Å². The predicted molar refractivity (Wildman–Crippen MR) is 78.4 cm³/mol. The minimum absolute atomic E-state index is 0.319. The number of hydrogen-bond donors (Lipinski definition) is 2. The quantitative estimate of drug-likeness (QED) is 0.842. The fourth-order valence-electron chi connectivity index (χ4n) is 2.16. The van der Waals surface area contributed by atoms with Crippen LogP contribution in [0, 0.1) is 6.92 Å². The van der Waals surface area contributed by atoms with Crippen molar-refractivity contribution in [2.75, 3.05) is 0 Å². The molecule has 0 saturated heterocycles. The Morgan fingerprint density at radius 1 is 1.32 bits per heavy atom. The zero-order chi connectivity index (χ0) is 14.7. The van der Waals surface area contributed by atoms with Gasteiger partial charge >= 0.3 is 0 Å². The van der Waals surface area contributed by atoms with Crippen molar-refractivity contribution in [1.82, 2.24) is 4.72 Å². The number of rotatable bonds is 6. The van der Waals surface area contributed by atoms with Gasteiger partial charge in [0.1, 0.15) is 0 Å². The first-order chi connectivity index (χ1) is 8.72. The Kier molecular flexibility index (Phi) is 5.12. The lowest BCUT2D eigenvalue weighted by Gasteiger charge is -2.26. The molecule has 0 atom stereocenters. The van der Waals surface area contributed by atoms with Crippen LogP contribution in [-0.2, 0) is 16.6 Å². The molecule has 0 heterocycles. The van der Waals surface area contributed by atoms with Crippen LogP contribution in [0.4, 0.5) is 0 Å². The molecule has 5 heteroatoms. The normalized spacial score (nSPS) is 12.7. The minimum Gasteiger partial charge on any atom is -0.326 e. The highest BCUT2D eigenvalue weighted by molar-refractivity contribution is 7.89. The van der Waals surface area contributed by atoms with Gasteiger partial charge in [0.25, 0.3) is 0 Å². The summed E-state index contributed by atoms with van der Waals surface area (Å²) in [6, 6.07) is 5.30. The van der Waals surface area contributed by atoms with E-state index >= 15 is 0 Å². The molecule has 0 amide bonds. The second-order valence-electron chi connectivity index (χ2n) is 5.54. The van der Waals surface area contributed by atoms with Gasteiger partial charge in [0.05, 0.1) is 4.90 Å². The fraction of sp³-hybridized carbons (Fsp3) is 0.571. The molecule has 0 aliphatic carbocycles. The van der Waals surface area contributed by atoms with E-state index in [0.29, 0.717) is 11.4 Å². The Bertz CT molecular complexity index is 536. The van der Waals surface area contributed by atoms with Crippen molar-refractivity contribution in [2.45, 2.75) is 57.5 Å². The lowest BCUT2D eigenvalue weighted by atomic mass is 10.0. The largest absolute Gasteiger partial charge is 0.326 e. The van der Waals surface area contributed by atoms with E-state index in [-0.39, 0.29) is 0 Å². The third-order valence-electron chi connectivity index (χ3n) is 3.06. The number of aryl methyl sites for hydroxylation is 1. The Labute approximate surface area is 116 Å². The molecule has 1 rings (SSSR count). The number of nitrogens with two attached hydrogens (primary N) is 1. The van der Waals surface area contributed by atoms with Crippen LogP contribution in [0.3, 0.4) is 0 Å². The molecule has 1 aromatic rings. The summed E-state index contributed by atoms with van der Waals surface area (Å²) in [4.78, 5) is 0.319. The number of nitrogens with one attached hydrogen (secondary N) is 1. The second kappa shape index (κ2) is 6.03. The summed E-state index contributed by atoms with van der Waals surface area (Å²) < 4.78 is 27.7. The molecule has 0 aromatic heterocycles. The molecule has 0 aliphatic heterocycles. The van der Waals surface area contributed by atoms with Gasteiger partial charge < -0.3 is 5.73 Å². The summed E-state index contributed by atoms with van der Waals surface area (Å²) >= 11 is 0. The maximum absolute atomic E-state index is 12.5. The van der Waals surface area contributed by atoms with Crippen LogP contribution in [0.25, 0.3) is 0 Å². The Balaban J connectivity index is 3.13. The lowest BCUT2D eigenvalue weighted by molar-refractivity contribution is 0.417. The molecule has 0 radical (unpaired) electrons. The first kappa shape index (κ1) is 16.1. The lowest BCUT2D eigenvalue weighted by Crippen LogP contribution is -2.43. The van der Waals surface area contributed by atoms with Gasteiger partial charge in [0.15, 0.2) is 0 Å². The molecule has 0 spiro atoms. The first-order valence-electron chi connectivity index (χ1n) is 6.55. The Morgan fingerprint density at radius 2 is 1.95 bits per heavy atom. The highest BCUT2D eigenvalue weighted by Crippen LogP contribution is 2.21. The van der Waals surface area contributed by atoms with E-state index in [4.69, 9.17) is 5.73 Å². The van der Waals surface area contributed by atoms with Crippen molar-refractivity contribution in [3.8, 4) is 0 Å². The topological polar surface area (TPSA) is 72.2 Å². The number of benzene rings is 1.